The Kier molecular flexibility index (Phi) is 4.71. The topological polar surface area (TPSA) is 72.4 Å². The Bertz CT molecular complexity index is 929. The predicted octanol–water partition coefficient (Wildman–Crippen LogP) is 4.30. The fourth-order valence-electron chi connectivity index (χ4n) is 2.62. The lowest BCUT2D eigenvalue weighted by Crippen LogP contribution is -2.31. The van der Waals surface area contributed by atoms with Crippen LogP contribution in [0.25, 0.3) is 17.5 Å². The maximum absolute atomic E-state index is 12.6. The molecule has 1 aliphatic rings. The number of furan rings is 1. The third-order valence-corrected chi connectivity index (χ3v) is 4.77. The lowest BCUT2D eigenvalue weighted by Gasteiger charge is -2.18. The molecule has 1 amide bonds. The SMILES string of the molecule is O=C(C=Cc1ccco1)N(Cc1nnc(-c2ccccc2Br)o1)C1CC1. The molecule has 0 unspecified atom stereocenters. The van der Waals surface area contributed by atoms with Crippen molar-refractivity contribution in [1.82, 2.24) is 15.1 Å². The largest absolute Gasteiger partial charge is 0.465 e. The summed E-state index contributed by atoms with van der Waals surface area (Å²) in [5.41, 5.74) is 0.827. The van der Waals surface area contributed by atoms with Crippen LogP contribution in [-0.2, 0) is 11.3 Å². The van der Waals surface area contributed by atoms with Gasteiger partial charge in [-0.2, -0.15) is 0 Å². The van der Waals surface area contributed by atoms with Crippen LogP contribution >= 0.6 is 15.9 Å². The van der Waals surface area contributed by atoms with Crippen LogP contribution in [0.2, 0.25) is 0 Å². The van der Waals surface area contributed by atoms with Gasteiger partial charge in [0, 0.05) is 16.6 Å². The molecule has 2 aromatic heterocycles. The lowest BCUT2D eigenvalue weighted by atomic mass is 10.2. The van der Waals surface area contributed by atoms with Crippen LogP contribution in [0.4, 0.5) is 0 Å². The Balaban J connectivity index is 1.49. The van der Waals surface area contributed by atoms with E-state index in [2.05, 4.69) is 26.1 Å². The van der Waals surface area contributed by atoms with E-state index in [1.807, 2.05) is 24.3 Å². The van der Waals surface area contributed by atoms with Crippen LogP contribution < -0.4 is 0 Å². The lowest BCUT2D eigenvalue weighted by molar-refractivity contribution is -0.127. The fourth-order valence-corrected chi connectivity index (χ4v) is 3.07. The van der Waals surface area contributed by atoms with E-state index in [1.165, 1.54) is 6.08 Å². The summed E-state index contributed by atoms with van der Waals surface area (Å²) in [6.45, 7) is 0.295. The van der Waals surface area contributed by atoms with Gasteiger partial charge in [-0.25, -0.2) is 0 Å². The molecule has 132 valence electrons. The number of benzene rings is 1. The standard InChI is InChI=1S/C19H16BrN3O3/c20-16-6-2-1-5-15(16)19-22-21-17(26-19)12-23(13-7-8-13)18(24)10-9-14-4-3-11-25-14/h1-6,9-11,13H,7-8,12H2. The first-order chi connectivity index (χ1) is 12.7. The van der Waals surface area contributed by atoms with Crippen molar-refractivity contribution in [2.45, 2.75) is 25.4 Å². The van der Waals surface area contributed by atoms with E-state index in [4.69, 9.17) is 8.83 Å². The van der Waals surface area contributed by atoms with Gasteiger partial charge in [0.25, 0.3) is 0 Å². The highest BCUT2D eigenvalue weighted by molar-refractivity contribution is 9.10. The molecule has 1 aliphatic carbocycles. The van der Waals surface area contributed by atoms with Crippen molar-refractivity contribution in [3.63, 3.8) is 0 Å². The molecule has 0 N–H and O–H groups in total. The highest BCUT2D eigenvalue weighted by Gasteiger charge is 2.32. The zero-order chi connectivity index (χ0) is 17.9. The summed E-state index contributed by atoms with van der Waals surface area (Å²) in [6.07, 6.45) is 6.74. The number of carbonyl (C=O) groups excluding carboxylic acids is 1. The van der Waals surface area contributed by atoms with Crippen molar-refractivity contribution in [2.75, 3.05) is 0 Å². The molecule has 1 fully saturated rings. The fraction of sp³-hybridized carbons (Fsp3) is 0.211. The molecule has 3 aromatic rings. The third-order valence-electron chi connectivity index (χ3n) is 4.08. The number of halogens is 1. The number of hydrogen-bond acceptors (Lipinski definition) is 5. The molecule has 1 saturated carbocycles. The molecule has 2 heterocycles. The van der Waals surface area contributed by atoms with Crippen molar-refractivity contribution in [1.29, 1.82) is 0 Å². The molecule has 0 spiro atoms. The second-order valence-electron chi connectivity index (χ2n) is 6.03. The molecule has 0 aliphatic heterocycles. The first-order valence-electron chi connectivity index (χ1n) is 8.30. The summed E-state index contributed by atoms with van der Waals surface area (Å²) in [6, 6.07) is 11.4. The number of hydrogen-bond donors (Lipinski definition) is 0. The minimum atomic E-state index is -0.0930. The van der Waals surface area contributed by atoms with Crippen LogP contribution in [0, 0.1) is 0 Å². The molecular formula is C19H16BrN3O3. The minimum absolute atomic E-state index is 0.0930. The van der Waals surface area contributed by atoms with Gasteiger partial charge in [-0.1, -0.05) is 12.1 Å². The van der Waals surface area contributed by atoms with Crippen LogP contribution in [0.1, 0.15) is 24.5 Å². The summed E-state index contributed by atoms with van der Waals surface area (Å²) < 4.78 is 11.9. The zero-order valence-corrected chi connectivity index (χ0v) is 15.4. The van der Waals surface area contributed by atoms with E-state index >= 15 is 0 Å². The first kappa shape index (κ1) is 16.8. The molecule has 0 atom stereocenters. The van der Waals surface area contributed by atoms with Crippen molar-refractivity contribution >= 4 is 27.9 Å². The van der Waals surface area contributed by atoms with Gasteiger partial charge in [-0.05, 0) is 59.1 Å². The van der Waals surface area contributed by atoms with Crippen LogP contribution in [-0.4, -0.2) is 27.0 Å². The van der Waals surface area contributed by atoms with E-state index < -0.39 is 0 Å². The molecule has 7 heteroatoms. The third kappa shape index (κ3) is 3.77. The average molecular weight is 414 g/mol. The predicted molar refractivity (Wildman–Crippen MR) is 98.7 cm³/mol. The van der Waals surface area contributed by atoms with Gasteiger partial charge in [-0.3, -0.25) is 4.79 Å². The quantitative estimate of drug-likeness (QED) is 0.563. The van der Waals surface area contributed by atoms with Gasteiger partial charge in [0.05, 0.1) is 18.4 Å². The van der Waals surface area contributed by atoms with Gasteiger partial charge in [0.15, 0.2) is 0 Å². The van der Waals surface area contributed by atoms with E-state index in [-0.39, 0.29) is 11.9 Å². The molecule has 6 nitrogen and oxygen atoms in total. The van der Waals surface area contributed by atoms with E-state index in [0.717, 1.165) is 22.9 Å². The molecule has 0 saturated heterocycles. The Morgan fingerprint density at radius 2 is 2.08 bits per heavy atom. The highest BCUT2D eigenvalue weighted by atomic mass is 79.9. The summed E-state index contributed by atoms with van der Waals surface area (Å²) >= 11 is 3.48. The molecule has 1 aromatic carbocycles. The molecule has 0 radical (unpaired) electrons. The van der Waals surface area contributed by atoms with Crippen LogP contribution in [0.15, 0.2) is 62.0 Å². The molecule has 4 rings (SSSR count). The van der Waals surface area contributed by atoms with Gasteiger partial charge < -0.3 is 13.7 Å². The maximum atomic E-state index is 12.6. The van der Waals surface area contributed by atoms with E-state index in [1.54, 1.807) is 29.4 Å². The van der Waals surface area contributed by atoms with Gasteiger partial charge in [-0.15, -0.1) is 10.2 Å². The van der Waals surface area contributed by atoms with Crippen molar-refractivity contribution in [3.8, 4) is 11.5 Å². The zero-order valence-electron chi connectivity index (χ0n) is 13.8. The Labute approximate surface area is 158 Å². The summed E-state index contributed by atoms with van der Waals surface area (Å²) in [7, 11) is 0. The smallest absolute Gasteiger partial charge is 0.248 e. The van der Waals surface area contributed by atoms with Crippen molar-refractivity contribution in [3.05, 3.63) is 64.9 Å². The molecule has 0 bridgehead atoms. The van der Waals surface area contributed by atoms with Crippen LogP contribution in [0.3, 0.4) is 0 Å². The summed E-state index contributed by atoms with van der Waals surface area (Å²) in [5, 5.41) is 8.21. The average Bonchev–Trinajstić information content (AvgIpc) is 3.16. The minimum Gasteiger partial charge on any atom is -0.465 e. The van der Waals surface area contributed by atoms with Gasteiger partial charge in [0.2, 0.25) is 17.7 Å². The summed E-state index contributed by atoms with van der Waals surface area (Å²) in [4.78, 5) is 14.3. The molecule has 26 heavy (non-hydrogen) atoms. The summed E-state index contributed by atoms with van der Waals surface area (Å²) in [5.74, 6) is 1.40. The maximum Gasteiger partial charge on any atom is 0.248 e. The monoisotopic (exact) mass is 413 g/mol. The number of carbonyl (C=O) groups is 1. The second-order valence-corrected chi connectivity index (χ2v) is 6.88. The first-order valence-corrected chi connectivity index (χ1v) is 9.09. The van der Waals surface area contributed by atoms with Crippen molar-refractivity contribution < 1.29 is 13.6 Å². The Morgan fingerprint density at radius 1 is 1.23 bits per heavy atom. The number of aromatic nitrogens is 2. The second kappa shape index (κ2) is 7.29. The van der Waals surface area contributed by atoms with E-state index in [9.17, 15) is 4.79 Å². The van der Waals surface area contributed by atoms with Crippen molar-refractivity contribution in [2.24, 2.45) is 0 Å². The number of nitrogens with zero attached hydrogens (tertiary/aromatic N) is 3. The highest BCUT2D eigenvalue weighted by Crippen LogP contribution is 2.30. The Hall–Kier alpha value is -2.67. The Morgan fingerprint density at radius 3 is 2.81 bits per heavy atom. The molecular weight excluding hydrogens is 398 g/mol. The van der Waals surface area contributed by atoms with Gasteiger partial charge >= 0.3 is 0 Å². The number of amides is 1. The van der Waals surface area contributed by atoms with Crippen LogP contribution in [0.5, 0.6) is 0 Å². The normalized spacial score (nSPS) is 14.0. The van der Waals surface area contributed by atoms with Gasteiger partial charge in [0.1, 0.15) is 5.76 Å². The number of rotatable bonds is 6. The van der Waals surface area contributed by atoms with E-state index in [0.29, 0.717) is 24.1 Å².